The number of carbonyl (C=O) groups is 3. The summed E-state index contributed by atoms with van der Waals surface area (Å²) in [5.41, 5.74) is 13.4. The number of rotatable bonds is 7. The van der Waals surface area contributed by atoms with Crippen LogP contribution in [0.5, 0.6) is 5.75 Å². The van der Waals surface area contributed by atoms with Crippen LogP contribution in [0.3, 0.4) is 0 Å². The standard InChI is InChI=1S/C26H31N5O4S/c1-14-7-10-16(11-8-14)21(24(33)29-26(3,4)5)31(17-13-15(2)9-12-18(17)35-6)25(34)22-19(27)20(23(28)32)30-36-22/h7-13,21H,27H2,1-6H3,(H2,28,32)(H,29,33). The third kappa shape index (κ3) is 5.65. The van der Waals surface area contributed by atoms with E-state index in [0.717, 1.165) is 22.7 Å². The SMILES string of the molecule is COc1ccc(C)cc1N(C(=O)c1snc(C(N)=O)c1N)C(C(=O)NC(C)(C)C)c1ccc(C)cc1. The monoisotopic (exact) mass is 509 g/mol. The number of carbonyl (C=O) groups excluding carboxylic acids is 3. The molecule has 1 unspecified atom stereocenters. The van der Waals surface area contributed by atoms with Gasteiger partial charge in [-0.05, 0) is 69.4 Å². The van der Waals surface area contributed by atoms with E-state index in [1.165, 1.54) is 12.0 Å². The zero-order valence-corrected chi connectivity index (χ0v) is 22.0. The van der Waals surface area contributed by atoms with Crippen LogP contribution in [0.2, 0.25) is 0 Å². The fraction of sp³-hybridized carbons (Fsp3) is 0.308. The molecule has 0 saturated heterocycles. The summed E-state index contributed by atoms with van der Waals surface area (Å²) in [5, 5.41) is 2.99. The maximum absolute atomic E-state index is 14.2. The number of primary amides is 1. The van der Waals surface area contributed by atoms with Crippen LogP contribution in [-0.4, -0.2) is 34.7 Å². The van der Waals surface area contributed by atoms with Crippen LogP contribution in [-0.2, 0) is 4.79 Å². The van der Waals surface area contributed by atoms with Gasteiger partial charge in [0.1, 0.15) is 16.7 Å². The Morgan fingerprint density at radius 2 is 1.67 bits per heavy atom. The van der Waals surface area contributed by atoms with Crippen molar-refractivity contribution in [3.63, 3.8) is 0 Å². The van der Waals surface area contributed by atoms with Gasteiger partial charge in [-0.1, -0.05) is 35.9 Å². The number of benzene rings is 2. The maximum atomic E-state index is 14.2. The summed E-state index contributed by atoms with van der Waals surface area (Å²) in [5.74, 6) is -1.48. The van der Waals surface area contributed by atoms with Crippen LogP contribution in [0, 0.1) is 13.8 Å². The van der Waals surface area contributed by atoms with E-state index in [4.69, 9.17) is 16.2 Å². The van der Waals surface area contributed by atoms with Gasteiger partial charge in [-0.3, -0.25) is 19.3 Å². The number of hydrogen-bond donors (Lipinski definition) is 3. The molecule has 3 amide bonds. The highest BCUT2D eigenvalue weighted by Gasteiger charge is 2.38. The number of ether oxygens (including phenoxy) is 1. The number of anilines is 2. The Labute approximate surface area is 214 Å². The lowest BCUT2D eigenvalue weighted by atomic mass is 9.99. The molecule has 190 valence electrons. The molecule has 0 aliphatic rings. The highest BCUT2D eigenvalue weighted by molar-refractivity contribution is 7.09. The van der Waals surface area contributed by atoms with Crippen molar-refractivity contribution in [2.75, 3.05) is 17.7 Å². The predicted octanol–water partition coefficient (Wildman–Crippen LogP) is 3.75. The second-order valence-corrected chi connectivity index (χ2v) is 10.3. The Morgan fingerprint density at radius 1 is 1.06 bits per heavy atom. The fourth-order valence-corrected chi connectivity index (χ4v) is 4.44. The molecule has 0 fully saturated rings. The van der Waals surface area contributed by atoms with Gasteiger partial charge in [0.25, 0.3) is 11.8 Å². The molecule has 5 N–H and O–H groups in total. The average molecular weight is 510 g/mol. The van der Waals surface area contributed by atoms with E-state index in [-0.39, 0.29) is 16.3 Å². The molecule has 36 heavy (non-hydrogen) atoms. The van der Waals surface area contributed by atoms with Gasteiger partial charge in [-0.15, -0.1) is 0 Å². The lowest BCUT2D eigenvalue weighted by Gasteiger charge is -2.34. The first-order chi connectivity index (χ1) is 16.8. The number of aryl methyl sites for hydroxylation is 2. The first kappa shape index (κ1) is 26.7. The van der Waals surface area contributed by atoms with E-state index >= 15 is 0 Å². The van der Waals surface area contributed by atoms with Crippen LogP contribution in [0.15, 0.2) is 42.5 Å². The number of hydrogen-bond acceptors (Lipinski definition) is 7. The molecule has 0 spiro atoms. The maximum Gasteiger partial charge on any atom is 0.273 e. The number of nitrogens with two attached hydrogens (primary N) is 2. The lowest BCUT2D eigenvalue weighted by molar-refractivity contribution is -0.123. The summed E-state index contributed by atoms with van der Waals surface area (Å²) in [6.07, 6.45) is 0. The van der Waals surface area contributed by atoms with Gasteiger partial charge in [0.2, 0.25) is 5.91 Å². The molecular weight excluding hydrogens is 478 g/mol. The van der Waals surface area contributed by atoms with Crippen LogP contribution < -0.4 is 26.4 Å². The van der Waals surface area contributed by atoms with Crippen LogP contribution in [0.25, 0.3) is 0 Å². The summed E-state index contributed by atoms with van der Waals surface area (Å²) in [7, 11) is 1.49. The second kappa shape index (κ2) is 10.4. The molecule has 1 aromatic heterocycles. The van der Waals surface area contributed by atoms with E-state index < -0.39 is 29.3 Å². The molecule has 3 rings (SSSR count). The van der Waals surface area contributed by atoms with Crippen LogP contribution in [0.4, 0.5) is 11.4 Å². The average Bonchev–Trinajstić information content (AvgIpc) is 3.18. The summed E-state index contributed by atoms with van der Waals surface area (Å²) in [6, 6.07) is 11.6. The minimum atomic E-state index is -1.09. The number of aromatic nitrogens is 1. The van der Waals surface area contributed by atoms with Crippen molar-refractivity contribution in [3.8, 4) is 5.75 Å². The smallest absolute Gasteiger partial charge is 0.273 e. The largest absolute Gasteiger partial charge is 0.495 e. The van der Waals surface area contributed by atoms with Gasteiger partial charge in [-0.25, -0.2) is 0 Å². The van der Waals surface area contributed by atoms with Crippen molar-refractivity contribution < 1.29 is 19.1 Å². The zero-order valence-electron chi connectivity index (χ0n) is 21.2. The Morgan fingerprint density at radius 3 is 2.19 bits per heavy atom. The molecule has 0 aliphatic heterocycles. The number of methoxy groups -OCH3 is 1. The van der Waals surface area contributed by atoms with Gasteiger partial charge in [0.15, 0.2) is 5.69 Å². The predicted molar refractivity (Wildman–Crippen MR) is 141 cm³/mol. The molecule has 0 aliphatic carbocycles. The third-order valence-electron chi connectivity index (χ3n) is 5.37. The minimum Gasteiger partial charge on any atom is -0.495 e. The Bertz CT molecular complexity index is 1290. The second-order valence-electron chi connectivity index (χ2n) is 9.54. The summed E-state index contributed by atoms with van der Waals surface area (Å²) in [6.45, 7) is 9.38. The Balaban J connectivity index is 2.32. The Kier molecular flexibility index (Phi) is 7.68. The van der Waals surface area contributed by atoms with E-state index in [1.54, 1.807) is 24.3 Å². The minimum absolute atomic E-state index is 0.00645. The van der Waals surface area contributed by atoms with E-state index in [0.29, 0.717) is 17.0 Å². The van der Waals surface area contributed by atoms with Gasteiger partial charge in [0.05, 0.1) is 18.5 Å². The first-order valence-electron chi connectivity index (χ1n) is 11.3. The summed E-state index contributed by atoms with van der Waals surface area (Å²) >= 11 is 0.754. The van der Waals surface area contributed by atoms with Crippen molar-refractivity contribution in [1.29, 1.82) is 0 Å². The first-order valence-corrected chi connectivity index (χ1v) is 12.0. The molecular formula is C26H31N5O4S. The number of nitrogens with one attached hydrogen (secondary N) is 1. The normalized spacial score (nSPS) is 12.1. The Hall–Kier alpha value is -3.92. The molecule has 10 heteroatoms. The van der Waals surface area contributed by atoms with E-state index in [1.807, 2.05) is 52.8 Å². The van der Waals surface area contributed by atoms with Gasteiger partial charge < -0.3 is 21.5 Å². The van der Waals surface area contributed by atoms with Crippen molar-refractivity contribution in [2.45, 2.75) is 46.2 Å². The van der Waals surface area contributed by atoms with Gasteiger partial charge in [-0.2, -0.15) is 4.37 Å². The van der Waals surface area contributed by atoms with Crippen molar-refractivity contribution >= 4 is 40.6 Å². The summed E-state index contributed by atoms with van der Waals surface area (Å²) in [4.78, 5) is 41.1. The number of nitrogens with zero attached hydrogens (tertiary/aromatic N) is 2. The fourth-order valence-electron chi connectivity index (χ4n) is 3.70. The molecule has 3 aromatic rings. The van der Waals surface area contributed by atoms with Gasteiger partial charge in [0, 0.05) is 5.54 Å². The highest BCUT2D eigenvalue weighted by Crippen LogP contribution is 2.38. The van der Waals surface area contributed by atoms with Crippen molar-refractivity contribution in [3.05, 3.63) is 69.7 Å². The molecule has 0 radical (unpaired) electrons. The molecule has 1 heterocycles. The van der Waals surface area contributed by atoms with E-state index in [9.17, 15) is 14.4 Å². The van der Waals surface area contributed by atoms with Gasteiger partial charge >= 0.3 is 0 Å². The molecule has 0 bridgehead atoms. The topological polar surface area (TPSA) is 141 Å². The molecule has 2 aromatic carbocycles. The quantitative estimate of drug-likeness (QED) is 0.443. The van der Waals surface area contributed by atoms with Crippen LogP contribution in [0.1, 0.15) is 63.7 Å². The molecule has 9 nitrogen and oxygen atoms in total. The molecule has 0 saturated carbocycles. The van der Waals surface area contributed by atoms with E-state index in [2.05, 4.69) is 9.69 Å². The van der Waals surface area contributed by atoms with Crippen molar-refractivity contribution in [2.24, 2.45) is 5.73 Å². The number of amides is 3. The summed E-state index contributed by atoms with van der Waals surface area (Å²) < 4.78 is 9.57. The number of nitrogen functional groups attached to an aromatic ring is 1. The zero-order chi connectivity index (χ0) is 26.8. The third-order valence-corrected chi connectivity index (χ3v) is 6.22. The molecule has 1 atom stereocenters. The van der Waals surface area contributed by atoms with Crippen LogP contribution >= 0.6 is 11.5 Å². The lowest BCUT2D eigenvalue weighted by Crippen LogP contribution is -2.49. The van der Waals surface area contributed by atoms with Crippen molar-refractivity contribution in [1.82, 2.24) is 9.69 Å². The highest BCUT2D eigenvalue weighted by atomic mass is 32.1.